The number of ether oxygens (including phenoxy) is 1. The maximum Gasteiger partial charge on any atom is 0.190 e. The zero-order chi connectivity index (χ0) is 16.6. The van der Waals surface area contributed by atoms with Gasteiger partial charge in [-0.2, -0.15) is 0 Å². The van der Waals surface area contributed by atoms with Gasteiger partial charge in [-0.05, 0) is 37.0 Å². The second kappa shape index (κ2) is 11.5. The number of nitrogens with one attached hydrogen (secondary N) is 2. The number of hydrogen-bond acceptors (Lipinski definition) is 2. The van der Waals surface area contributed by atoms with E-state index >= 15 is 0 Å². The average Bonchev–Trinajstić information content (AvgIpc) is 2.45. The number of aliphatic imine (C=N–C) groups is 1. The van der Waals surface area contributed by atoms with Gasteiger partial charge in [0.05, 0.1) is 6.10 Å². The molecule has 5 heteroatoms. The van der Waals surface area contributed by atoms with Crippen LogP contribution in [0, 0.1) is 17.3 Å². The van der Waals surface area contributed by atoms with E-state index in [1.807, 2.05) is 7.05 Å². The van der Waals surface area contributed by atoms with Gasteiger partial charge in [-0.3, -0.25) is 4.99 Å². The molecule has 0 amide bonds. The van der Waals surface area contributed by atoms with Gasteiger partial charge in [0.2, 0.25) is 0 Å². The molecular formula is C18H38IN3O. The summed E-state index contributed by atoms with van der Waals surface area (Å²) in [7, 11) is 1.84. The average molecular weight is 439 g/mol. The molecule has 1 rings (SSSR count). The first-order chi connectivity index (χ1) is 10.3. The Hall–Kier alpha value is -0.0400. The Labute approximate surface area is 160 Å². The molecule has 2 atom stereocenters. The summed E-state index contributed by atoms with van der Waals surface area (Å²) in [5, 5.41) is 6.90. The van der Waals surface area contributed by atoms with Crippen molar-refractivity contribution in [1.82, 2.24) is 10.6 Å². The predicted octanol–water partition coefficient (Wildman–Crippen LogP) is 4.05. The van der Waals surface area contributed by atoms with Crippen LogP contribution < -0.4 is 10.6 Å². The zero-order valence-electron chi connectivity index (χ0n) is 15.9. The van der Waals surface area contributed by atoms with Crippen molar-refractivity contribution >= 4 is 29.9 Å². The predicted molar refractivity (Wildman–Crippen MR) is 111 cm³/mol. The highest BCUT2D eigenvalue weighted by molar-refractivity contribution is 14.0. The Morgan fingerprint density at radius 2 is 1.96 bits per heavy atom. The lowest BCUT2D eigenvalue weighted by Gasteiger charge is -2.40. The fraction of sp³-hybridized carbons (Fsp3) is 0.944. The molecule has 1 aliphatic rings. The second-order valence-electron chi connectivity index (χ2n) is 7.98. The topological polar surface area (TPSA) is 45.7 Å². The number of hydrogen-bond donors (Lipinski definition) is 2. The molecule has 1 heterocycles. The first kappa shape index (κ1) is 23.0. The van der Waals surface area contributed by atoms with Gasteiger partial charge in [0.25, 0.3) is 0 Å². The lowest BCUT2D eigenvalue weighted by molar-refractivity contribution is -0.0835. The summed E-state index contributed by atoms with van der Waals surface area (Å²) in [5.41, 5.74) is 0.195. The van der Waals surface area contributed by atoms with E-state index in [1.165, 1.54) is 25.7 Å². The quantitative estimate of drug-likeness (QED) is 0.284. The van der Waals surface area contributed by atoms with E-state index in [-0.39, 0.29) is 29.4 Å². The van der Waals surface area contributed by atoms with E-state index in [4.69, 9.17) is 4.74 Å². The molecule has 0 saturated carbocycles. The zero-order valence-corrected chi connectivity index (χ0v) is 18.3. The molecular weight excluding hydrogens is 401 g/mol. The maximum absolute atomic E-state index is 6.05. The van der Waals surface area contributed by atoms with Gasteiger partial charge >= 0.3 is 0 Å². The highest BCUT2D eigenvalue weighted by Crippen LogP contribution is 2.33. The smallest absolute Gasteiger partial charge is 0.190 e. The van der Waals surface area contributed by atoms with Crippen molar-refractivity contribution in [3.05, 3.63) is 0 Å². The third-order valence-electron chi connectivity index (χ3n) is 4.30. The van der Waals surface area contributed by atoms with E-state index in [1.54, 1.807) is 0 Å². The number of rotatable bonds is 6. The van der Waals surface area contributed by atoms with E-state index in [2.05, 4.69) is 50.2 Å². The minimum Gasteiger partial charge on any atom is -0.377 e. The van der Waals surface area contributed by atoms with Gasteiger partial charge in [0.1, 0.15) is 0 Å². The minimum absolute atomic E-state index is 0. The molecule has 2 N–H and O–H groups in total. The molecule has 1 aliphatic heterocycles. The van der Waals surface area contributed by atoms with Gasteiger partial charge in [0.15, 0.2) is 5.96 Å². The van der Waals surface area contributed by atoms with Crippen LogP contribution in [0.2, 0.25) is 0 Å². The number of guanidine groups is 1. The third kappa shape index (κ3) is 9.13. The fourth-order valence-corrected chi connectivity index (χ4v) is 3.17. The Balaban J connectivity index is 0.00000484. The molecule has 0 aromatic heterocycles. The molecule has 4 nitrogen and oxygen atoms in total. The van der Waals surface area contributed by atoms with Gasteiger partial charge in [-0.1, -0.05) is 34.6 Å². The van der Waals surface area contributed by atoms with Crippen LogP contribution in [0.25, 0.3) is 0 Å². The molecule has 0 aromatic rings. The minimum atomic E-state index is 0. The summed E-state index contributed by atoms with van der Waals surface area (Å²) in [6, 6.07) is 0. The van der Waals surface area contributed by atoms with Crippen molar-refractivity contribution in [2.75, 3.05) is 26.7 Å². The monoisotopic (exact) mass is 439 g/mol. The maximum atomic E-state index is 6.05. The van der Waals surface area contributed by atoms with Crippen LogP contribution >= 0.6 is 24.0 Å². The van der Waals surface area contributed by atoms with E-state index < -0.39 is 0 Å². The molecule has 0 radical (unpaired) electrons. The number of halogens is 1. The lowest BCUT2D eigenvalue weighted by atomic mass is 9.78. The summed E-state index contributed by atoms with van der Waals surface area (Å²) in [4.78, 5) is 4.33. The van der Waals surface area contributed by atoms with Crippen LogP contribution in [-0.2, 0) is 4.74 Å². The van der Waals surface area contributed by atoms with E-state index in [0.29, 0.717) is 12.0 Å². The molecule has 1 saturated heterocycles. The van der Waals surface area contributed by atoms with Crippen LogP contribution in [-0.4, -0.2) is 38.8 Å². The van der Waals surface area contributed by atoms with Crippen molar-refractivity contribution in [2.24, 2.45) is 22.2 Å². The Morgan fingerprint density at radius 3 is 2.52 bits per heavy atom. The van der Waals surface area contributed by atoms with Crippen molar-refractivity contribution in [3.8, 4) is 0 Å². The van der Waals surface area contributed by atoms with Crippen molar-refractivity contribution in [1.29, 1.82) is 0 Å². The van der Waals surface area contributed by atoms with Gasteiger partial charge < -0.3 is 15.4 Å². The SMILES string of the molecule is CN=C(NCCCC(C)C)NCC1CCCOC1C(C)(C)C.I. The van der Waals surface area contributed by atoms with Crippen LogP contribution in [0.3, 0.4) is 0 Å². The van der Waals surface area contributed by atoms with Gasteiger partial charge in [-0.25, -0.2) is 0 Å². The van der Waals surface area contributed by atoms with Crippen molar-refractivity contribution in [3.63, 3.8) is 0 Å². The molecule has 138 valence electrons. The highest BCUT2D eigenvalue weighted by atomic mass is 127. The Bertz CT molecular complexity index is 340. The fourth-order valence-electron chi connectivity index (χ4n) is 3.17. The van der Waals surface area contributed by atoms with E-state index in [9.17, 15) is 0 Å². The van der Waals surface area contributed by atoms with Gasteiger partial charge in [-0.15, -0.1) is 24.0 Å². The van der Waals surface area contributed by atoms with Gasteiger partial charge in [0, 0.05) is 32.7 Å². The summed E-state index contributed by atoms with van der Waals surface area (Å²) in [6.45, 7) is 14.2. The summed E-state index contributed by atoms with van der Waals surface area (Å²) < 4.78 is 6.05. The first-order valence-corrected chi connectivity index (χ1v) is 8.90. The van der Waals surface area contributed by atoms with E-state index in [0.717, 1.165) is 31.6 Å². The molecule has 23 heavy (non-hydrogen) atoms. The standard InChI is InChI=1S/C18H37N3O.HI/c1-14(2)9-7-11-20-17(19-6)21-13-15-10-8-12-22-16(15)18(3,4)5;/h14-16H,7-13H2,1-6H3,(H2,19,20,21);1H. The normalized spacial score (nSPS) is 22.7. The molecule has 2 unspecified atom stereocenters. The molecule has 0 spiro atoms. The van der Waals surface area contributed by atoms with Crippen molar-refractivity contribution < 1.29 is 4.74 Å². The first-order valence-electron chi connectivity index (χ1n) is 8.90. The molecule has 0 aliphatic carbocycles. The second-order valence-corrected chi connectivity index (χ2v) is 7.98. The lowest BCUT2D eigenvalue weighted by Crippen LogP contribution is -2.47. The molecule has 1 fully saturated rings. The summed E-state index contributed by atoms with van der Waals surface area (Å²) >= 11 is 0. The molecule has 0 bridgehead atoms. The number of nitrogens with zero attached hydrogens (tertiary/aromatic N) is 1. The largest absolute Gasteiger partial charge is 0.377 e. The third-order valence-corrected chi connectivity index (χ3v) is 4.30. The van der Waals surface area contributed by atoms with Crippen LogP contribution in [0.4, 0.5) is 0 Å². The summed E-state index contributed by atoms with van der Waals surface area (Å²) in [5.74, 6) is 2.24. The van der Waals surface area contributed by atoms with Crippen molar-refractivity contribution in [2.45, 2.75) is 66.4 Å². The highest BCUT2D eigenvalue weighted by Gasteiger charge is 2.35. The molecule has 0 aromatic carbocycles. The van der Waals surface area contributed by atoms with Crippen LogP contribution in [0.15, 0.2) is 4.99 Å². The Morgan fingerprint density at radius 1 is 1.26 bits per heavy atom. The van der Waals surface area contributed by atoms with Crippen LogP contribution in [0.5, 0.6) is 0 Å². The summed E-state index contributed by atoms with van der Waals surface area (Å²) in [6.07, 6.45) is 5.17. The Kier molecular flexibility index (Phi) is 11.5. The van der Waals surface area contributed by atoms with Crippen LogP contribution in [0.1, 0.15) is 60.3 Å².